The van der Waals surface area contributed by atoms with Crippen LogP contribution < -0.4 is 10.6 Å². The van der Waals surface area contributed by atoms with Crippen molar-refractivity contribution in [1.29, 1.82) is 0 Å². The summed E-state index contributed by atoms with van der Waals surface area (Å²) in [7, 11) is 0. The number of nitrogens with one attached hydrogen (secondary N) is 2. The van der Waals surface area contributed by atoms with E-state index in [2.05, 4.69) is 41.4 Å². The molecule has 27 heavy (non-hydrogen) atoms. The lowest BCUT2D eigenvalue weighted by Crippen LogP contribution is -2.49. The molecular weight excluding hydrogens is 455 g/mol. The van der Waals surface area contributed by atoms with Gasteiger partial charge < -0.3 is 15.4 Å². The summed E-state index contributed by atoms with van der Waals surface area (Å²) in [5, 5.41) is 11.0. The first kappa shape index (κ1) is 24.2. The second kappa shape index (κ2) is 14.2. The largest absolute Gasteiger partial charge is 0.379 e. The third kappa shape index (κ3) is 8.35. The van der Waals surface area contributed by atoms with Crippen LogP contribution in [0.25, 0.3) is 0 Å². The lowest BCUT2D eigenvalue weighted by molar-refractivity contribution is 0.00395. The van der Waals surface area contributed by atoms with Crippen molar-refractivity contribution in [3.05, 3.63) is 18.5 Å². The molecule has 1 aromatic rings. The number of hydrogen-bond acceptors (Lipinski definition) is 4. The number of hydrogen-bond donors (Lipinski definition) is 2. The van der Waals surface area contributed by atoms with Gasteiger partial charge in [0.05, 0.1) is 26.3 Å². The highest BCUT2D eigenvalue weighted by atomic mass is 127. The van der Waals surface area contributed by atoms with Crippen molar-refractivity contribution < 1.29 is 4.74 Å². The Morgan fingerprint density at radius 2 is 1.93 bits per heavy atom. The molecule has 0 aromatic carbocycles. The molecule has 1 fully saturated rings. The Hall–Kier alpha value is -0.870. The Morgan fingerprint density at radius 3 is 2.52 bits per heavy atom. The van der Waals surface area contributed by atoms with E-state index >= 15 is 0 Å². The van der Waals surface area contributed by atoms with Gasteiger partial charge in [0.15, 0.2) is 5.96 Å². The van der Waals surface area contributed by atoms with Crippen LogP contribution >= 0.6 is 24.0 Å². The van der Waals surface area contributed by atoms with Gasteiger partial charge in [-0.3, -0.25) is 14.6 Å². The van der Waals surface area contributed by atoms with Gasteiger partial charge in [0, 0.05) is 44.6 Å². The Labute approximate surface area is 181 Å². The fourth-order valence-electron chi connectivity index (χ4n) is 3.55. The predicted octanol–water partition coefficient (Wildman–Crippen LogP) is 2.19. The molecule has 2 heterocycles. The maximum atomic E-state index is 5.54. The number of aromatic nitrogens is 2. The molecule has 0 radical (unpaired) electrons. The van der Waals surface area contributed by atoms with Gasteiger partial charge in [0.2, 0.25) is 0 Å². The third-order valence-electron chi connectivity index (χ3n) is 5.08. The van der Waals surface area contributed by atoms with Crippen molar-refractivity contribution in [2.45, 2.75) is 46.2 Å². The third-order valence-corrected chi connectivity index (χ3v) is 5.08. The van der Waals surface area contributed by atoms with Crippen molar-refractivity contribution >= 4 is 29.9 Å². The molecular formula is C19H37IN6O. The van der Waals surface area contributed by atoms with Crippen molar-refractivity contribution in [1.82, 2.24) is 25.3 Å². The van der Waals surface area contributed by atoms with Crippen LogP contribution in [-0.4, -0.2) is 72.6 Å². The molecule has 2 N–H and O–H groups in total. The number of aliphatic imine (C=N–C) groups is 1. The molecule has 1 aliphatic rings. The molecule has 156 valence electrons. The molecule has 0 aliphatic carbocycles. The zero-order chi connectivity index (χ0) is 18.6. The molecule has 8 heteroatoms. The average Bonchev–Trinajstić information content (AvgIpc) is 3.19. The van der Waals surface area contributed by atoms with Gasteiger partial charge in [-0.05, 0) is 18.9 Å². The van der Waals surface area contributed by atoms with E-state index < -0.39 is 0 Å². The van der Waals surface area contributed by atoms with Gasteiger partial charge in [-0.25, -0.2) is 0 Å². The fraction of sp³-hybridized carbons (Fsp3) is 0.789. The van der Waals surface area contributed by atoms with Gasteiger partial charge >= 0.3 is 0 Å². The quantitative estimate of drug-likeness (QED) is 0.298. The second-order valence-electron chi connectivity index (χ2n) is 6.71. The summed E-state index contributed by atoms with van der Waals surface area (Å²) in [6.45, 7) is 13.7. The summed E-state index contributed by atoms with van der Waals surface area (Å²) in [6.07, 6.45) is 6.17. The summed E-state index contributed by atoms with van der Waals surface area (Å²) in [5.41, 5.74) is 0. The van der Waals surface area contributed by atoms with Crippen LogP contribution in [-0.2, 0) is 11.3 Å². The van der Waals surface area contributed by atoms with Crippen LogP contribution in [0.3, 0.4) is 0 Å². The molecule has 0 bridgehead atoms. The van der Waals surface area contributed by atoms with E-state index in [0.717, 1.165) is 58.4 Å². The first-order valence-electron chi connectivity index (χ1n) is 10.1. The smallest absolute Gasteiger partial charge is 0.191 e. The van der Waals surface area contributed by atoms with Crippen molar-refractivity contribution in [2.75, 3.05) is 45.9 Å². The van der Waals surface area contributed by atoms with Crippen LogP contribution in [0.2, 0.25) is 0 Å². The van der Waals surface area contributed by atoms with Gasteiger partial charge in [0.1, 0.15) is 0 Å². The Kier molecular flexibility index (Phi) is 12.7. The maximum Gasteiger partial charge on any atom is 0.191 e. The molecule has 7 nitrogen and oxygen atoms in total. The van der Waals surface area contributed by atoms with Crippen molar-refractivity contribution in [3.8, 4) is 0 Å². The van der Waals surface area contributed by atoms with E-state index in [9.17, 15) is 0 Å². The number of rotatable bonds is 10. The van der Waals surface area contributed by atoms with E-state index in [4.69, 9.17) is 9.73 Å². The molecule has 1 atom stereocenters. The van der Waals surface area contributed by atoms with Crippen LogP contribution in [0, 0.1) is 5.92 Å². The van der Waals surface area contributed by atoms with E-state index in [1.165, 1.54) is 12.8 Å². The Morgan fingerprint density at radius 1 is 1.19 bits per heavy atom. The molecule has 1 aliphatic heterocycles. The number of halogens is 1. The molecule has 1 saturated heterocycles. The van der Waals surface area contributed by atoms with Gasteiger partial charge in [0.25, 0.3) is 0 Å². The minimum atomic E-state index is 0. The van der Waals surface area contributed by atoms with Crippen molar-refractivity contribution in [3.63, 3.8) is 0 Å². The van der Waals surface area contributed by atoms with Crippen LogP contribution in [0.4, 0.5) is 0 Å². The van der Waals surface area contributed by atoms with E-state index in [1.807, 2.05) is 23.1 Å². The Bertz CT molecular complexity index is 500. The van der Waals surface area contributed by atoms with Crippen LogP contribution in [0.1, 0.15) is 33.6 Å². The second-order valence-corrected chi connectivity index (χ2v) is 6.71. The minimum absolute atomic E-state index is 0. The lowest BCUT2D eigenvalue weighted by atomic mass is 9.92. The number of morpholine rings is 1. The highest BCUT2D eigenvalue weighted by Gasteiger charge is 2.26. The van der Waals surface area contributed by atoms with Gasteiger partial charge in [-0.1, -0.05) is 26.7 Å². The minimum Gasteiger partial charge on any atom is -0.379 e. The normalized spacial score (nSPS) is 16.8. The summed E-state index contributed by atoms with van der Waals surface area (Å²) >= 11 is 0. The lowest BCUT2D eigenvalue weighted by Gasteiger charge is -2.38. The highest BCUT2D eigenvalue weighted by Crippen LogP contribution is 2.20. The summed E-state index contributed by atoms with van der Waals surface area (Å²) in [6, 6.07) is 2.43. The fourth-order valence-corrected chi connectivity index (χ4v) is 3.55. The van der Waals surface area contributed by atoms with Crippen LogP contribution in [0.5, 0.6) is 0 Å². The molecule has 0 saturated carbocycles. The molecule has 2 rings (SSSR count). The maximum absolute atomic E-state index is 5.54. The number of ether oxygens (including phenoxy) is 1. The SMILES string of the molecule is CCNC(=NCC(C(CC)CC)N1CCOCC1)NCCn1cccn1.I. The van der Waals surface area contributed by atoms with Crippen LogP contribution in [0.15, 0.2) is 23.5 Å². The molecule has 1 aromatic heterocycles. The number of guanidine groups is 1. The first-order chi connectivity index (χ1) is 12.8. The molecule has 0 amide bonds. The van der Waals surface area contributed by atoms with E-state index in [0.29, 0.717) is 12.0 Å². The topological polar surface area (TPSA) is 66.7 Å². The summed E-state index contributed by atoms with van der Waals surface area (Å²) < 4.78 is 7.47. The monoisotopic (exact) mass is 492 g/mol. The molecule has 1 unspecified atom stereocenters. The van der Waals surface area contributed by atoms with Gasteiger partial charge in [-0.2, -0.15) is 5.10 Å². The average molecular weight is 492 g/mol. The summed E-state index contributed by atoms with van der Waals surface area (Å²) in [4.78, 5) is 7.47. The van der Waals surface area contributed by atoms with Gasteiger partial charge in [-0.15, -0.1) is 24.0 Å². The Balaban J connectivity index is 0.00000364. The van der Waals surface area contributed by atoms with Crippen molar-refractivity contribution in [2.24, 2.45) is 10.9 Å². The predicted molar refractivity (Wildman–Crippen MR) is 122 cm³/mol. The first-order valence-corrected chi connectivity index (χ1v) is 10.1. The zero-order valence-corrected chi connectivity index (χ0v) is 19.4. The summed E-state index contributed by atoms with van der Waals surface area (Å²) in [5.74, 6) is 1.56. The van der Waals surface area contributed by atoms with E-state index in [-0.39, 0.29) is 24.0 Å². The standard InChI is InChI=1S/C19H36N6O.HI/c1-4-17(5-2)18(24-12-14-26-15-13-24)16-22-19(20-6-3)21-9-11-25-10-7-8-23-25;/h7-8,10,17-18H,4-6,9,11-16H2,1-3H3,(H2,20,21,22);1H. The zero-order valence-electron chi connectivity index (χ0n) is 17.1. The van der Waals surface area contributed by atoms with E-state index in [1.54, 1.807) is 0 Å². The highest BCUT2D eigenvalue weighted by molar-refractivity contribution is 14.0. The number of nitrogens with zero attached hydrogens (tertiary/aromatic N) is 4. The molecule has 0 spiro atoms.